The summed E-state index contributed by atoms with van der Waals surface area (Å²) in [7, 11) is -3.92. The first kappa shape index (κ1) is 16.6. The number of carbonyl (C=O) groups excluding carboxylic acids is 1. The van der Waals surface area contributed by atoms with Gasteiger partial charge in [-0.2, -0.15) is 0 Å². The first-order valence-corrected chi connectivity index (χ1v) is 7.96. The van der Waals surface area contributed by atoms with Crippen LogP contribution in [-0.4, -0.2) is 25.8 Å². The van der Waals surface area contributed by atoms with Crippen LogP contribution in [0.1, 0.15) is 0 Å². The number of rotatable bonds is 6. The van der Waals surface area contributed by atoms with Crippen molar-refractivity contribution in [2.75, 3.05) is 11.9 Å². The molecule has 0 bridgehead atoms. The molecule has 1 amide bonds. The third-order valence-electron chi connectivity index (χ3n) is 2.84. The summed E-state index contributed by atoms with van der Waals surface area (Å²) in [5.41, 5.74) is 0.331. The summed E-state index contributed by atoms with van der Waals surface area (Å²) in [4.78, 5) is 21.5. The maximum absolute atomic E-state index is 12.0. The zero-order valence-corrected chi connectivity index (χ0v) is 12.6. The zero-order chi connectivity index (χ0) is 16.9. The lowest BCUT2D eigenvalue weighted by molar-refractivity contribution is -0.384. The average Bonchev–Trinajstić information content (AvgIpc) is 2.54. The third-order valence-corrected chi connectivity index (χ3v) is 4.26. The van der Waals surface area contributed by atoms with Crippen LogP contribution in [0.2, 0.25) is 0 Å². The highest BCUT2D eigenvalue weighted by Gasteiger charge is 2.17. The van der Waals surface area contributed by atoms with E-state index in [0.29, 0.717) is 5.69 Å². The fraction of sp³-hybridized carbons (Fsp3) is 0.0714. The Labute approximate surface area is 132 Å². The zero-order valence-electron chi connectivity index (χ0n) is 11.8. The standard InChI is InChI=1S/C14H13N3O5S/c18-14(16-11-4-2-1-3-5-11)10-15-23(21,22)13-8-6-12(7-9-13)17(19)20/h1-9,15H,10H2,(H,16,18). The van der Waals surface area contributed by atoms with Gasteiger partial charge in [-0.15, -0.1) is 0 Å². The number of nitro benzene ring substituents is 1. The number of carbonyl (C=O) groups is 1. The predicted octanol–water partition coefficient (Wildman–Crippen LogP) is 1.51. The van der Waals surface area contributed by atoms with Crippen LogP contribution in [0, 0.1) is 10.1 Å². The van der Waals surface area contributed by atoms with Crippen molar-refractivity contribution in [1.82, 2.24) is 4.72 Å². The van der Waals surface area contributed by atoms with Crippen LogP contribution < -0.4 is 10.0 Å². The van der Waals surface area contributed by atoms with E-state index in [1.54, 1.807) is 30.3 Å². The molecule has 0 spiro atoms. The molecule has 9 heteroatoms. The van der Waals surface area contributed by atoms with Gasteiger partial charge in [0.25, 0.3) is 5.69 Å². The number of benzene rings is 2. The first-order valence-electron chi connectivity index (χ1n) is 6.47. The molecule has 0 saturated heterocycles. The van der Waals surface area contributed by atoms with Crippen LogP contribution in [0.3, 0.4) is 0 Å². The summed E-state index contributed by atoms with van der Waals surface area (Å²) >= 11 is 0. The molecule has 23 heavy (non-hydrogen) atoms. The summed E-state index contributed by atoms with van der Waals surface area (Å²) < 4.78 is 26.2. The normalized spacial score (nSPS) is 11.0. The van der Waals surface area contributed by atoms with Gasteiger partial charge in [0.1, 0.15) is 0 Å². The minimum Gasteiger partial charge on any atom is -0.325 e. The molecular formula is C14H13N3O5S. The van der Waals surface area contributed by atoms with Gasteiger partial charge in [-0.25, -0.2) is 13.1 Å². The minimum atomic E-state index is -3.92. The van der Waals surface area contributed by atoms with Crippen molar-refractivity contribution in [2.24, 2.45) is 0 Å². The summed E-state index contributed by atoms with van der Waals surface area (Å²) in [6.07, 6.45) is 0. The molecule has 2 aromatic rings. The highest BCUT2D eigenvalue weighted by atomic mass is 32.2. The Morgan fingerprint density at radius 3 is 2.22 bits per heavy atom. The molecule has 0 heterocycles. The number of nitrogens with zero attached hydrogens (tertiary/aromatic N) is 1. The van der Waals surface area contributed by atoms with Crippen LogP contribution in [0.4, 0.5) is 11.4 Å². The van der Waals surface area contributed by atoms with Gasteiger partial charge in [0.05, 0.1) is 16.4 Å². The predicted molar refractivity (Wildman–Crippen MR) is 83.4 cm³/mol. The molecule has 0 aliphatic carbocycles. The SMILES string of the molecule is O=C(CNS(=O)(=O)c1ccc([N+](=O)[O-])cc1)Nc1ccccc1. The molecule has 2 rings (SSSR count). The molecule has 0 aliphatic heterocycles. The van der Waals surface area contributed by atoms with Gasteiger partial charge in [-0.05, 0) is 24.3 Å². The van der Waals surface area contributed by atoms with Crippen molar-refractivity contribution in [3.63, 3.8) is 0 Å². The Balaban J connectivity index is 1.98. The highest BCUT2D eigenvalue weighted by molar-refractivity contribution is 7.89. The number of non-ortho nitro benzene ring substituents is 1. The van der Waals surface area contributed by atoms with Crippen LogP contribution >= 0.6 is 0 Å². The smallest absolute Gasteiger partial charge is 0.269 e. The van der Waals surface area contributed by atoms with Crippen molar-refractivity contribution >= 4 is 27.3 Å². The van der Waals surface area contributed by atoms with Crippen LogP contribution in [0.15, 0.2) is 59.5 Å². The molecule has 0 aliphatic rings. The van der Waals surface area contributed by atoms with Crippen molar-refractivity contribution in [3.05, 3.63) is 64.7 Å². The second-order valence-electron chi connectivity index (χ2n) is 4.49. The minimum absolute atomic E-state index is 0.157. The fourth-order valence-electron chi connectivity index (χ4n) is 1.72. The molecular weight excluding hydrogens is 322 g/mol. The van der Waals surface area contributed by atoms with Crippen molar-refractivity contribution in [3.8, 4) is 0 Å². The first-order chi connectivity index (χ1) is 10.9. The molecule has 0 radical (unpaired) electrons. The lowest BCUT2D eigenvalue weighted by Gasteiger charge is -2.07. The number of para-hydroxylation sites is 1. The molecule has 0 unspecified atom stereocenters. The Morgan fingerprint density at radius 2 is 1.65 bits per heavy atom. The van der Waals surface area contributed by atoms with E-state index in [-0.39, 0.29) is 10.6 Å². The summed E-state index contributed by atoms with van der Waals surface area (Å²) in [5, 5.41) is 13.1. The fourth-order valence-corrected chi connectivity index (χ4v) is 2.70. The number of nitro groups is 1. The summed E-state index contributed by atoms with van der Waals surface area (Å²) in [5.74, 6) is -0.526. The van der Waals surface area contributed by atoms with Gasteiger partial charge in [-0.1, -0.05) is 18.2 Å². The number of amides is 1. The Bertz CT molecular complexity index is 804. The molecule has 2 aromatic carbocycles. The lowest BCUT2D eigenvalue weighted by Crippen LogP contribution is -2.32. The van der Waals surface area contributed by atoms with E-state index in [2.05, 4.69) is 10.0 Å². The number of anilines is 1. The third kappa shape index (κ3) is 4.59. The molecule has 2 N–H and O–H groups in total. The van der Waals surface area contributed by atoms with E-state index in [4.69, 9.17) is 0 Å². The van der Waals surface area contributed by atoms with E-state index < -0.39 is 27.4 Å². The van der Waals surface area contributed by atoms with Gasteiger partial charge in [-0.3, -0.25) is 14.9 Å². The second-order valence-corrected chi connectivity index (χ2v) is 6.26. The van der Waals surface area contributed by atoms with E-state index >= 15 is 0 Å². The van der Waals surface area contributed by atoms with Crippen molar-refractivity contribution in [1.29, 1.82) is 0 Å². The van der Waals surface area contributed by atoms with E-state index in [1.807, 2.05) is 0 Å². The van der Waals surface area contributed by atoms with Crippen LogP contribution in [0.5, 0.6) is 0 Å². The topological polar surface area (TPSA) is 118 Å². The maximum Gasteiger partial charge on any atom is 0.269 e. The van der Waals surface area contributed by atoms with E-state index in [0.717, 1.165) is 24.3 Å². The number of nitrogens with one attached hydrogen (secondary N) is 2. The quantitative estimate of drug-likeness (QED) is 0.613. The Kier molecular flexibility index (Phi) is 5.04. The number of hydrogen-bond donors (Lipinski definition) is 2. The van der Waals surface area contributed by atoms with E-state index in [1.165, 1.54) is 0 Å². The van der Waals surface area contributed by atoms with Gasteiger partial charge < -0.3 is 5.32 Å². The molecule has 0 atom stereocenters. The van der Waals surface area contributed by atoms with Gasteiger partial charge in [0.2, 0.25) is 15.9 Å². The van der Waals surface area contributed by atoms with Gasteiger partial charge in [0.15, 0.2) is 0 Å². The molecule has 0 fully saturated rings. The molecule has 0 saturated carbocycles. The molecule has 0 aromatic heterocycles. The summed E-state index contributed by atoms with van der Waals surface area (Å²) in [6.45, 7) is -0.450. The van der Waals surface area contributed by atoms with Crippen LogP contribution in [-0.2, 0) is 14.8 Å². The van der Waals surface area contributed by atoms with Crippen molar-refractivity contribution in [2.45, 2.75) is 4.90 Å². The van der Waals surface area contributed by atoms with Gasteiger partial charge >= 0.3 is 0 Å². The highest BCUT2D eigenvalue weighted by Crippen LogP contribution is 2.15. The van der Waals surface area contributed by atoms with Crippen molar-refractivity contribution < 1.29 is 18.1 Å². The van der Waals surface area contributed by atoms with Crippen LogP contribution in [0.25, 0.3) is 0 Å². The number of sulfonamides is 1. The maximum atomic E-state index is 12.0. The monoisotopic (exact) mass is 335 g/mol. The molecule has 8 nitrogen and oxygen atoms in total. The Hall–Kier alpha value is -2.78. The average molecular weight is 335 g/mol. The Morgan fingerprint density at radius 1 is 1.04 bits per heavy atom. The number of hydrogen-bond acceptors (Lipinski definition) is 5. The summed E-state index contributed by atoms with van der Waals surface area (Å²) in [6, 6.07) is 13.0. The second kappa shape index (κ2) is 6.99. The lowest BCUT2D eigenvalue weighted by atomic mass is 10.3. The van der Waals surface area contributed by atoms with Gasteiger partial charge in [0, 0.05) is 17.8 Å². The largest absolute Gasteiger partial charge is 0.325 e. The van der Waals surface area contributed by atoms with E-state index in [9.17, 15) is 23.3 Å². The molecule has 120 valence electrons.